The summed E-state index contributed by atoms with van der Waals surface area (Å²) >= 11 is 0. The first-order valence-electron chi connectivity index (χ1n) is 11.9. The minimum atomic E-state index is -0.321. The van der Waals surface area contributed by atoms with Crippen molar-refractivity contribution in [3.8, 4) is 17.0 Å². The largest absolute Gasteiger partial charge is 0.489 e. The highest BCUT2D eigenvalue weighted by atomic mass is 19.1. The van der Waals surface area contributed by atoms with Gasteiger partial charge in [0.05, 0.1) is 12.5 Å². The number of fused-ring (bicyclic) bond motifs is 1. The standard InChI is InChI=1S/C28H31FN2O3/c1-3-33-28(32)20(2)13-15-31-16-14-26-23(18-31)17-25(29)27(30-26)22-9-11-24(12-10-22)34-19-21-7-5-4-6-8-21/h4-12,17,20H,3,13-16,18-19H2,1-2H3. The van der Waals surface area contributed by atoms with Gasteiger partial charge in [0.15, 0.2) is 0 Å². The van der Waals surface area contributed by atoms with E-state index in [1.165, 1.54) is 0 Å². The number of ether oxygens (including phenoxy) is 2. The van der Waals surface area contributed by atoms with Crippen molar-refractivity contribution in [2.75, 3.05) is 19.7 Å². The predicted molar refractivity (Wildman–Crippen MR) is 130 cm³/mol. The second kappa shape index (κ2) is 11.3. The fourth-order valence-electron chi connectivity index (χ4n) is 4.12. The molecular formula is C28H31FN2O3. The summed E-state index contributed by atoms with van der Waals surface area (Å²) in [6.07, 6.45) is 1.48. The molecule has 1 aliphatic rings. The van der Waals surface area contributed by atoms with E-state index in [0.29, 0.717) is 25.5 Å². The van der Waals surface area contributed by atoms with Crippen LogP contribution in [-0.4, -0.2) is 35.5 Å². The Morgan fingerprint density at radius 3 is 2.65 bits per heavy atom. The van der Waals surface area contributed by atoms with Gasteiger partial charge in [-0.15, -0.1) is 0 Å². The fraction of sp³-hybridized carbons (Fsp3) is 0.357. The van der Waals surface area contributed by atoms with Crippen LogP contribution in [0, 0.1) is 11.7 Å². The fourth-order valence-corrected chi connectivity index (χ4v) is 4.12. The first-order chi connectivity index (χ1) is 16.5. The monoisotopic (exact) mass is 462 g/mol. The van der Waals surface area contributed by atoms with Crippen molar-refractivity contribution in [2.45, 2.75) is 39.8 Å². The van der Waals surface area contributed by atoms with Crippen molar-refractivity contribution in [3.63, 3.8) is 0 Å². The quantitative estimate of drug-likeness (QED) is 0.398. The third kappa shape index (κ3) is 6.00. The van der Waals surface area contributed by atoms with Crippen LogP contribution in [0.25, 0.3) is 11.3 Å². The lowest BCUT2D eigenvalue weighted by atomic mass is 10.0. The van der Waals surface area contributed by atoms with E-state index in [1.54, 1.807) is 6.07 Å². The van der Waals surface area contributed by atoms with Gasteiger partial charge < -0.3 is 9.47 Å². The minimum Gasteiger partial charge on any atom is -0.489 e. The smallest absolute Gasteiger partial charge is 0.308 e. The maximum atomic E-state index is 15.0. The highest BCUT2D eigenvalue weighted by Gasteiger charge is 2.22. The number of pyridine rings is 1. The number of hydrogen-bond donors (Lipinski definition) is 0. The molecule has 0 saturated carbocycles. The maximum Gasteiger partial charge on any atom is 0.308 e. The van der Waals surface area contributed by atoms with Gasteiger partial charge in [0.25, 0.3) is 0 Å². The molecule has 0 fully saturated rings. The lowest BCUT2D eigenvalue weighted by Crippen LogP contribution is -2.33. The summed E-state index contributed by atoms with van der Waals surface area (Å²) in [4.78, 5) is 18.8. The minimum absolute atomic E-state index is 0.141. The van der Waals surface area contributed by atoms with Gasteiger partial charge in [-0.1, -0.05) is 37.3 Å². The molecule has 1 unspecified atom stereocenters. The number of hydrogen-bond acceptors (Lipinski definition) is 5. The van der Waals surface area contributed by atoms with Gasteiger partial charge in [-0.2, -0.15) is 0 Å². The molecule has 4 rings (SSSR count). The van der Waals surface area contributed by atoms with Gasteiger partial charge >= 0.3 is 5.97 Å². The number of carbonyl (C=O) groups excluding carboxylic acids is 1. The van der Waals surface area contributed by atoms with Gasteiger partial charge in [0, 0.05) is 30.8 Å². The summed E-state index contributed by atoms with van der Waals surface area (Å²) in [7, 11) is 0. The van der Waals surface area contributed by atoms with Crippen molar-refractivity contribution < 1.29 is 18.7 Å². The van der Waals surface area contributed by atoms with Crippen LogP contribution < -0.4 is 4.74 Å². The predicted octanol–water partition coefficient (Wildman–Crippen LogP) is 5.41. The third-order valence-electron chi connectivity index (χ3n) is 6.15. The molecule has 178 valence electrons. The van der Waals surface area contributed by atoms with Gasteiger partial charge in [-0.25, -0.2) is 9.37 Å². The topological polar surface area (TPSA) is 51.7 Å². The molecular weight excluding hydrogens is 431 g/mol. The van der Waals surface area contributed by atoms with Crippen molar-refractivity contribution >= 4 is 5.97 Å². The first-order valence-corrected chi connectivity index (χ1v) is 11.9. The van der Waals surface area contributed by atoms with E-state index in [1.807, 2.05) is 68.4 Å². The zero-order valence-electron chi connectivity index (χ0n) is 19.8. The van der Waals surface area contributed by atoms with Crippen LogP contribution in [-0.2, 0) is 29.1 Å². The molecule has 1 atom stereocenters. The van der Waals surface area contributed by atoms with Crippen LogP contribution in [0.2, 0.25) is 0 Å². The van der Waals surface area contributed by atoms with Crippen LogP contribution in [0.4, 0.5) is 4.39 Å². The summed E-state index contributed by atoms with van der Waals surface area (Å²) in [5.41, 5.74) is 4.06. The van der Waals surface area contributed by atoms with Crippen LogP contribution in [0.3, 0.4) is 0 Å². The van der Waals surface area contributed by atoms with E-state index in [2.05, 4.69) is 9.88 Å². The third-order valence-corrected chi connectivity index (χ3v) is 6.15. The molecule has 0 saturated heterocycles. The van der Waals surface area contributed by atoms with E-state index in [4.69, 9.17) is 9.47 Å². The molecule has 0 radical (unpaired) electrons. The summed E-state index contributed by atoms with van der Waals surface area (Å²) in [5.74, 6) is 0.115. The molecule has 0 aliphatic carbocycles. The molecule has 34 heavy (non-hydrogen) atoms. The van der Waals surface area contributed by atoms with Gasteiger partial charge in [-0.3, -0.25) is 9.69 Å². The maximum absolute atomic E-state index is 15.0. The number of nitrogens with zero attached hydrogens (tertiary/aromatic N) is 2. The Morgan fingerprint density at radius 2 is 1.91 bits per heavy atom. The average Bonchev–Trinajstić information content (AvgIpc) is 2.86. The Morgan fingerprint density at radius 1 is 1.15 bits per heavy atom. The summed E-state index contributed by atoms with van der Waals surface area (Å²) in [5, 5.41) is 0. The molecule has 0 spiro atoms. The van der Waals surface area contributed by atoms with Crippen LogP contribution in [0.15, 0.2) is 60.7 Å². The van der Waals surface area contributed by atoms with E-state index in [9.17, 15) is 9.18 Å². The van der Waals surface area contributed by atoms with E-state index < -0.39 is 0 Å². The first kappa shape index (κ1) is 23.9. The second-order valence-corrected chi connectivity index (χ2v) is 8.69. The Labute approximate surface area is 200 Å². The summed E-state index contributed by atoms with van der Waals surface area (Å²) in [6.45, 7) is 6.84. The van der Waals surface area contributed by atoms with E-state index >= 15 is 0 Å². The van der Waals surface area contributed by atoms with Crippen molar-refractivity contribution in [1.29, 1.82) is 0 Å². The normalized spacial score (nSPS) is 14.3. The van der Waals surface area contributed by atoms with Crippen LogP contribution in [0.5, 0.6) is 5.75 Å². The van der Waals surface area contributed by atoms with Gasteiger partial charge in [-0.05, 0) is 61.3 Å². The Hall–Kier alpha value is -3.25. The molecule has 2 heterocycles. The highest BCUT2D eigenvalue weighted by molar-refractivity contribution is 5.71. The SMILES string of the molecule is CCOC(=O)C(C)CCN1CCc2nc(-c3ccc(OCc4ccccc4)cc3)c(F)cc2C1. The number of halogens is 1. The molecule has 1 aromatic heterocycles. The van der Waals surface area contributed by atoms with Crippen molar-refractivity contribution in [2.24, 2.45) is 5.92 Å². The summed E-state index contributed by atoms with van der Waals surface area (Å²) in [6, 6.07) is 19.0. The zero-order valence-corrected chi connectivity index (χ0v) is 19.8. The number of esters is 1. The van der Waals surface area contributed by atoms with Crippen LogP contribution >= 0.6 is 0 Å². The molecule has 1 aliphatic heterocycles. The molecule has 5 nitrogen and oxygen atoms in total. The average molecular weight is 463 g/mol. The molecule has 0 amide bonds. The van der Waals surface area contributed by atoms with Crippen molar-refractivity contribution in [1.82, 2.24) is 9.88 Å². The number of carbonyl (C=O) groups is 1. The lowest BCUT2D eigenvalue weighted by Gasteiger charge is -2.29. The number of benzene rings is 2. The molecule has 0 N–H and O–H groups in total. The molecule has 2 aromatic carbocycles. The Kier molecular flexibility index (Phi) is 7.91. The summed E-state index contributed by atoms with van der Waals surface area (Å²) < 4.78 is 25.9. The Balaban J connectivity index is 1.37. The van der Waals surface area contributed by atoms with Crippen LogP contribution in [0.1, 0.15) is 37.1 Å². The molecule has 0 bridgehead atoms. The van der Waals surface area contributed by atoms with Crippen molar-refractivity contribution in [3.05, 3.63) is 83.3 Å². The highest BCUT2D eigenvalue weighted by Crippen LogP contribution is 2.28. The number of rotatable bonds is 9. The molecule has 6 heteroatoms. The van der Waals surface area contributed by atoms with Gasteiger partial charge in [0.2, 0.25) is 0 Å². The second-order valence-electron chi connectivity index (χ2n) is 8.69. The van der Waals surface area contributed by atoms with Gasteiger partial charge in [0.1, 0.15) is 23.9 Å². The van der Waals surface area contributed by atoms with E-state index in [0.717, 1.165) is 54.1 Å². The molecule has 3 aromatic rings. The van der Waals surface area contributed by atoms with E-state index in [-0.39, 0.29) is 17.7 Å². The Bertz CT molecular complexity index is 1100. The lowest BCUT2D eigenvalue weighted by molar-refractivity contribution is -0.147. The zero-order chi connectivity index (χ0) is 23.9. The number of aromatic nitrogens is 1.